The van der Waals surface area contributed by atoms with Crippen LogP contribution in [0.15, 0.2) is 90.1 Å². The fourth-order valence-corrected chi connectivity index (χ4v) is 4.82. The largest absolute Gasteiger partial charge is 0.369 e. The molecule has 0 atom stereocenters. The highest BCUT2D eigenvalue weighted by atomic mass is 32.2. The first kappa shape index (κ1) is 21.9. The van der Waals surface area contributed by atoms with Crippen LogP contribution >= 0.6 is 11.8 Å². The molecule has 0 bridgehead atoms. The van der Waals surface area contributed by atoms with Crippen LogP contribution in [-0.2, 0) is 11.3 Å². The van der Waals surface area contributed by atoms with E-state index in [2.05, 4.69) is 93.1 Å². The standard InChI is InChI=1S/C27H25N5OS/c1-32(18-19-5-3-2-4-6-19)26-16-21(8-10-27(26)34-14-13-33)30-25-17-28-24-9-7-20(15-22(24)25)23-11-12-29-31-23/h2-13,15-17,28,30H,14,18H2,1H3,(H,29,31). The van der Waals surface area contributed by atoms with E-state index < -0.39 is 0 Å². The van der Waals surface area contributed by atoms with Gasteiger partial charge in [-0.2, -0.15) is 5.10 Å². The summed E-state index contributed by atoms with van der Waals surface area (Å²) < 4.78 is 0. The van der Waals surface area contributed by atoms with Crippen molar-refractivity contribution in [2.45, 2.75) is 11.4 Å². The third-order valence-electron chi connectivity index (χ3n) is 5.71. The van der Waals surface area contributed by atoms with Gasteiger partial charge in [0.25, 0.3) is 0 Å². The molecular weight excluding hydrogens is 442 g/mol. The molecule has 5 rings (SSSR count). The molecule has 3 aromatic carbocycles. The lowest BCUT2D eigenvalue weighted by Crippen LogP contribution is -2.17. The zero-order valence-electron chi connectivity index (χ0n) is 18.8. The lowest BCUT2D eigenvalue weighted by molar-refractivity contribution is -0.105. The Morgan fingerprint density at radius 2 is 1.94 bits per heavy atom. The Morgan fingerprint density at radius 3 is 2.74 bits per heavy atom. The predicted molar refractivity (Wildman–Crippen MR) is 141 cm³/mol. The van der Waals surface area contributed by atoms with Crippen molar-refractivity contribution in [3.8, 4) is 11.3 Å². The number of H-pyrrole nitrogens is 2. The molecule has 0 spiro atoms. The summed E-state index contributed by atoms with van der Waals surface area (Å²) in [5.41, 5.74) is 7.42. The summed E-state index contributed by atoms with van der Waals surface area (Å²) in [5, 5.41) is 11.8. The van der Waals surface area contributed by atoms with Gasteiger partial charge in [-0.05, 0) is 42.0 Å². The maximum Gasteiger partial charge on any atom is 0.130 e. The lowest BCUT2D eigenvalue weighted by atomic mass is 10.1. The molecule has 0 unspecified atom stereocenters. The zero-order valence-corrected chi connectivity index (χ0v) is 19.6. The molecule has 0 fully saturated rings. The number of nitrogens with zero attached hydrogens (tertiary/aromatic N) is 2. The van der Waals surface area contributed by atoms with E-state index in [1.807, 2.05) is 18.3 Å². The summed E-state index contributed by atoms with van der Waals surface area (Å²) in [6.45, 7) is 0.777. The molecule has 5 aromatic rings. The molecule has 2 aromatic heterocycles. The van der Waals surface area contributed by atoms with Crippen molar-refractivity contribution in [1.82, 2.24) is 15.2 Å². The molecule has 7 heteroatoms. The number of carbonyl (C=O) groups is 1. The van der Waals surface area contributed by atoms with Crippen molar-refractivity contribution in [2.75, 3.05) is 23.0 Å². The summed E-state index contributed by atoms with van der Waals surface area (Å²) in [5.74, 6) is 0.428. The van der Waals surface area contributed by atoms with Crippen LogP contribution in [0.2, 0.25) is 0 Å². The monoisotopic (exact) mass is 467 g/mol. The van der Waals surface area contributed by atoms with Gasteiger partial charge in [0.05, 0.1) is 22.8 Å². The average Bonchev–Trinajstić information content (AvgIpc) is 3.54. The van der Waals surface area contributed by atoms with E-state index in [4.69, 9.17) is 0 Å². The van der Waals surface area contributed by atoms with Gasteiger partial charge in [-0.1, -0.05) is 36.4 Å². The Hall–Kier alpha value is -3.97. The number of aromatic amines is 2. The SMILES string of the molecule is CN(Cc1ccccc1)c1cc(Nc2c[nH]c3ccc(-c4ccn[nH]4)cc23)ccc1SCC=O. The summed E-state index contributed by atoms with van der Waals surface area (Å²) >= 11 is 1.55. The molecule has 170 valence electrons. The van der Waals surface area contributed by atoms with Gasteiger partial charge in [0.2, 0.25) is 0 Å². The highest BCUT2D eigenvalue weighted by molar-refractivity contribution is 8.00. The number of thioether (sulfide) groups is 1. The highest BCUT2D eigenvalue weighted by Crippen LogP contribution is 2.35. The zero-order chi connectivity index (χ0) is 23.3. The van der Waals surface area contributed by atoms with Crippen molar-refractivity contribution >= 4 is 46.0 Å². The van der Waals surface area contributed by atoms with E-state index in [1.165, 1.54) is 5.56 Å². The van der Waals surface area contributed by atoms with Gasteiger partial charge in [0, 0.05) is 53.0 Å². The van der Waals surface area contributed by atoms with E-state index >= 15 is 0 Å². The maximum absolute atomic E-state index is 11.0. The van der Waals surface area contributed by atoms with E-state index in [-0.39, 0.29) is 0 Å². The number of rotatable bonds is 9. The first-order valence-corrected chi connectivity index (χ1v) is 12.0. The Balaban J connectivity index is 1.45. The molecule has 2 heterocycles. The van der Waals surface area contributed by atoms with Crippen LogP contribution < -0.4 is 10.2 Å². The second-order valence-corrected chi connectivity index (χ2v) is 9.12. The maximum atomic E-state index is 11.0. The van der Waals surface area contributed by atoms with Crippen LogP contribution in [0.5, 0.6) is 0 Å². The average molecular weight is 468 g/mol. The van der Waals surface area contributed by atoms with Crippen LogP contribution in [0.1, 0.15) is 5.56 Å². The molecule has 0 amide bonds. The van der Waals surface area contributed by atoms with Gasteiger partial charge >= 0.3 is 0 Å². The number of carbonyl (C=O) groups excluding carboxylic acids is 1. The molecule has 3 N–H and O–H groups in total. The lowest BCUT2D eigenvalue weighted by Gasteiger charge is -2.23. The number of aromatic nitrogens is 3. The number of benzene rings is 3. The normalized spacial score (nSPS) is 11.0. The molecule has 0 aliphatic rings. The second kappa shape index (κ2) is 9.89. The van der Waals surface area contributed by atoms with Crippen LogP contribution in [0.3, 0.4) is 0 Å². The predicted octanol–water partition coefficient (Wildman–Crippen LogP) is 6.23. The van der Waals surface area contributed by atoms with Gasteiger partial charge < -0.3 is 20.0 Å². The summed E-state index contributed by atoms with van der Waals surface area (Å²) in [6.07, 6.45) is 4.69. The van der Waals surface area contributed by atoms with Gasteiger partial charge in [0.1, 0.15) is 6.29 Å². The van der Waals surface area contributed by atoms with Gasteiger partial charge in [-0.3, -0.25) is 5.10 Å². The summed E-state index contributed by atoms with van der Waals surface area (Å²) in [7, 11) is 2.08. The van der Waals surface area contributed by atoms with Crippen LogP contribution in [0.25, 0.3) is 22.2 Å². The number of fused-ring (bicyclic) bond motifs is 1. The van der Waals surface area contributed by atoms with Gasteiger partial charge in [-0.25, -0.2) is 0 Å². The van der Waals surface area contributed by atoms with Crippen LogP contribution in [0, 0.1) is 0 Å². The minimum atomic E-state index is 0.428. The van der Waals surface area contributed by atoms with Gasteiger partial charge in [-0.15, -0.1) is 11.8 Å². The van der Waals surface area contributed by atoms with Crippen LogP contribution in [-0.4, -0.2) is 34.3 Å². The van der Waals surface area contributed by atoms with E-state index in [1.54, 1.807) is 18.0 Å². The minimum absolute atomic E-state index is 0.428. The van der Waals surface area contributed by atoms with Gasteiger partial charge in [0.15, 0.2) is 0 Å². The Kier molecular flexibility index (Phi) is 6.35. The van der Waals surface area contributed by atoms with E-state index in [9.17, 15) is 4.79 Å². The van der Waals surface area contributed by atoms with Crippen LogP contribution in [0.4, 0.5) is 17.1 Å². The molecular formula is C27H25N5OS. The fourth-order valence-electron chi connectivity index (χ4n) is 4.05. The van der Waals surface area contributed by atoms with Crippen molar-refractivity contribution in [3.05, 3.63) is 90.8 Å². The summed E-state index contributed by atoms with van der Waals surface area (Å²) in [4.78, 5) is 17.7. The first-order valence-electron chi connectivity index (χ1n) is 11.0. The number of anilines is 3. The van der Waals surface area contributed by atoms with E-state index in [0.717, 1.165) is 56.9 Å². The molecule has 6 nitrogen and oxygen atoms in total. The third-order valence-corrected chi connectivity index (χ3v) is 6.67. The molecule has 0 aliphatic carbocycles. The molecule has 0 aliphatic heterocycles. The smallest absolute Gasteiger partial charge is 0.130 e. The number of hydrogen-bond acceptors (Lipinski definition) is 5. The third kappa shape index (κ3) is 4.70. The van der Waals surface area contributed by atoms with Crippen molar-refractivity contribution in [1.29, 1.82) is 0 Å². The molecule has 0 radical (unpaired) electrons. The van der Waals surface area contributed by atoms with Crippen molar-refractivity contribution in [3.63, 3.8) is 0 Å². The minimum Gasteiger partial charge on any atom is -0.369 e. The first-order chi connectivity index (χ1) is 16.7. The number of aldehydes is 1. The van der Waals surface area contributed by atoms with E-state index in [0.29, 0.717) is 5.75 Å². The number of nitrogens with one attached hydrogen (secondary N) is 3. The quantitative estimate of drug-likeness (QED) is 0.177. The molecule has 0 saturated carbocycles. The van der Waals surface area contributed by atoms with Crippen molar-refractivity contribution < 1.29 is 4.79 Å². The summed E-state index contributed by atoms with van der Waals surface area (Å²) in [6, 6.07) is 24.9. The fraction of sp³-hybridized carbons (Fsp3) is 0.111. The molecule has 0 saturated heterocycles. The topological polar surface area (TPSA) is 76.8 Å². The highest BCUT2D eigenvalue weighted by Gasteiger charge is 2.12. The Morgan fingerprint density at radius 1 is 1.06 bits per heavy atom. The van der Waals surface area contributed by atoms with Crippen molar-refractivity contribution in [2.24, 2.45) is 0 Å². The molecule has 34 heavy (non-hydrogen) atoms. The second-order valence-electron chi connectivity index (χ2n) is 8.06. The number of hydrogen-bond donors (Lipinski definition) is 3. The Labute approximate surface area is 202 Å². The Bertz CT molecular complexity index is 1400.